The van der Waals surface area contributed by atoms with E-state index < -0.39 is 30.1 Å². The fourth-order valence-electron chi connectivity index (χ4n) is 2.92. The highest BCUT2D eigenvalue weighted by molar-refractivity contribution is 8.14. The lowest BCUT2D eigenvalue weighted by atomic mass is 10.1. The van der Waals surface area contributed by atoms with Crippen molar-refractivity contribution in [1.29, 1.82) is 0 Å². The number of amidine groups is 1. The number of nitrogens with zero attached hydrogens (tertiary/aromatic N) is 3. The van der Waals surface area contributed by atoms with E-state index in [0.29, 0.717) is 11.7 Å². The molecule has 2 aliphatic heterocycles. The lowest BCUT2D eigenvalue weighted by molar-refractivity contribution is -0.134. The van der Waals surface area contributed by atoms with Crippen LogP contribution >= 0.6 is 11.8 Å². The molecule has 2 heterocycles. The topological polar surface area (TPSA) is 102 Å². The van der Waals surface area contributed by atoms with Crippen molar-refractivity contribution in [2.45, 2.75) is 25.7 Å². The van der Waals surface area contributed by atoms with E-state index in [1.807, 2.05) is 31.2 Å². The average molecular weight is 362 g/mol. The van der Waals surface area contributed by atoms with Crippen molar-refractivity contribution >= 4 is 34.8 Å². The molecule has 0 aliphatic carbocycles. The van der Waals surface area contributed by atoms with Crippen molar-refractivity contribution in [2.75, 3.05) is 12.8 Å². The van der Waals surface area contributed by atoms with Gasteiger partial charge in [-0.25, -0.2) is 9.79 Å². The number of benzene rings is 1. The second kappa shape index (κ2) is 6.75. The highest BCUT2D eigenvalue weighted by Gasteiger charge is 2.48. The summed E-state index contributed by atoms with van der Waals surface area (Å²) in [7, 11) is 1.57. The molecule has 1 saturated heterocycles. The van der Waals surface area contributed by atoms with Crippen molar-refractivity contribution in [3.8, 4) is 0 Å². The quantitative estimate of drug-likeness (QED) is 0.824. The molecule has 1 aromatic carbocycles. The molecule has 3 amide bonds. The Morgan fingerprint density at radius 1 is 1.40 bits per heavy atom. The Morgan fingerprint density at radius 2 is 2.16 bits per heavy atom. The van der Waals surface area contributed by atoms with E-state index in [2.05, 4.69) is 10.3 Å². The Balaban J connectivity index is 1.90. The molecule has 2 N–H and O–H groups in total. The van der Waals surface area contributed by atoms with Crippen LogP contribution in [-0.4, -0.2) is 63.0 Å². The van der Waals surface area contributed by atoms with E-state index in [1.165, 1.54) is 4.90 Å². The molecular formula is C16H18N4O4S. The van der Waals surface area contributed by atoms with Gasteiger partial charge in [0.05, 0.1) is 5.75 Å². The van der Waals surface area contributed by atoms with Crippen LogP contribution in [0.4, 0.5) is 4.79 Å². The molecule has 0 radical (unpaired) electrons. The summed E-state index contributed by atoms with van der Waals surface area (Å²) in [4.78, 5) is 42.7. The van der Waals surface area contributed by atoms with E-state index in [-0.39, 0.29) is 5.75 Å². The maximum Gasteiger partial charge on any atom is 0.325 e. The summed E-state index contributed by atoms with van der Waals surface area (Å²) in [6, 6.07) is 6.67. The smallest absolute Gasteiger partial charge is 0.325 e. The summed E-state index contributed by atoms with van der Waals surface area (Å²) in [5.41, 5.74) is 2.07. The average Bonchev–Trinajstić information content (AvgIpc) is 2.90. The van der Waals surface area contributed by atoms with Crippen LogP contribution in [0.3, 0.4) is 0 Å². The van der Waals surface area contributed by atoms with Crippen LogP contribution in [0.2, 0.25) is 0 Å². The zero-order chi connectivity index (χ0) is 18.1. The number of carboxylic acid groups (broad SMARTS) is 1. The number of nitrogens with one attached hydrogen (secondary N) is 1. The van der Waals surface area contributed by atoms with Crippen molar-refractivity contribution in [1.82, 2.24) is 15.1 Å². The van der Waals surface area contributed by atoms with Crippen LogP contribution in [0.5, 0.6) is 0 Å². The summed E-state index contributed by atoms with van der Waals surface area (Å²) in [6.45, 7) is 2.38. The van der Waals surface area contributed by atoms with Gasteiger partial charge in [0.25, 0.3) is 5.91 Å². The van der Waals surface area contributed by atoms with Gasteiger partial charge in [0.2, 0.25) is 0 Å². The van der Waals surface area contributed by atoms with E-state index in [1.54, 1.807) is 11.9 Å². The van der Waals surface area contributed by atoms with Crippen LogP contribution < -0.4 is 5.32 Å². The van der Waals surface area contributed by atoms with E-state index in [0.717, 1.165) is 22.9 Å². The van der Waals surface area contributed by atoms with Gasteiger partial charge in [0.15, 0.2) is 17.4 Å². The maximum absolute atomic E-state index is 12.4. The fourth-order valence-corrected chi connectivity index (χ4v) is 3.70. The third kappa shape index (κ3) is 3.46. The Labute approximate surface area is 148 Å². The minimum atomic E-state index is -0.966. The van der Waals surface area contributed by atoms with Gasteiger partial charge >= 0.3 is 12.0 Å². The summed E-state index contributed by atoms with van der Waals surface area (Å²) in [5.74, 6) is -1.55. The summed E-state index contributed by atoms with van der Waals surface area (Å²) in [6.07, 6.45) is -0.651. The molecule has 25 heavy (non-hydrogen) atoms. The van der Waals surface area contributed by atoms with E-state index in [9.17, 15) is 14.4 Å². The number of carbonyl (C=O) groups is 3. The van der Waals surface area contributed by atoms with Crippen molar-refractivity contribution in [3.63, 3.8) is 0 Å². The lowest BCUT2D eigenvalue weighted by Crippen LogP contribution is -2.63. The molecule has 2 atom stereocenters. The second-order valence-corrected chi connectivity index (χ2v) is 6.92. The normalized spacial score (nSPS) is 22.6. The van der Waals surface area contributed by atoms with Crippen LogP contribution in [0.1, 0.15) is 11.1 Å². The maximum atomic E-state index is 12.4. The number of hydrogen-bond donors (Lipinski definition) is 2. The first-order valence-electron chi connectivity index (χ1n) is 7.69. The summed E-state index contributed by atoms with van der Waals surface area (Å²) < 4.78 is 0. The summed E-state index contributed by atoms with van der Waals surface area (Å²) >= 11 is 1.05. The van der Waals surface area contributed by atoms with Gasteiger partial charge in [-0.1, -0.05) is 41.6 Å². The monoisotopic (exact) mass is 362 g/mol. The molecule has 132 valence electrons. The first kappa shape index (κ1) is 17.3. The number of aliphatic imine (C=N–C) groups is 1. The number of hydrogen-bond acceptors (Lipinski definition) is 6. The predicted molar refractivity (Wildman–Crippen MR) is 93.1 cm³/mol. The number of thioether (sulfide) groups is 1. The molecule has 1 fully saturated rings. The summed E-state index contributed by atoms with van der Waals surface area (Å²) in [5, 5.41) is 11.7. The molecule has 2 aliphatic rings. The number of carbonyl (C=O) groups excluding carboxylic acids is 2. The van der Waals surface area contributed by atoms with Gasteiger partial charge in [0.1, 0.15) is 0 Å². The largest absolute Gasteiger partial charge is 0.481 e. The molecule has 1 aromatic rings. The Kier molecular flexibility index (Phi) is 4.67. The minimum Gasteiger partial charge on any atom is -0.481 e. The highest BCUT2D eigenvalue weighted by Crippen LogP contribution is 2.30. The van der Waals surface area contributed by atoms with Crippen molar-refractivity contribution in [2.24, 2.45) is 4.99 Å². The number of fused-ring (bicyclic) bond motifs is 1. The fraction of sp³-hybridized carbons (Fsp3) is 0.375. The van der Waals surface area contributed by atoms with Gasteiger partial charge in [-0.15, -0.1) is 0 Å². The molecule has 3 rings (SSSR count). The molecule has 9 heteroatoms. The zero-order valence-electron chi connectivity index (χ0n) is 13.8. The van der Waals surface area contributed by atoms with Gasteiger partial charge in [-0.05, 0) is 12.5 Å². The zero-order valence-corrected chi connectivity index (χ0v) is 14.6. The van der Waals surface area contributed by atoms with Crippen LogP contribution in [-0.2, 0) is 16.1 Å². The number of rotatable bonds is 4. The predicted octanol–water partition coefficient (Wildman–Crippen LogP) is 0.861. The molecule has 2 unspecified atom stereocenters. The molecular weight excluding hydrogens is 344 g/mol. The first-order chi connectivity index (χ1) is 11.9. The molecule has 0 aromatic heterocycles. The number of urea groups is 1. The third-order valence-electron chi connectivity index (χ3n) is 4.08. The second-order valence-electron chi connectivity index (χ2n) is 5.97. The van der Waals surface area contributed by atoms with Crippen molar-refractivity contribution in [3.05, 3.63) is 35.4 Å². The number of aryl methyl sites for hydroxylation is 1. The van der Waals surface area contributed by atoms with E-state index in [4.69, 9.17) is 5.11 Å². The first-order valence-corrected chi connectivity index (χ1v) is 8.67. The van der Waals surface area contributed by atoms with Gasteiger partial charge < -0.3 is 14.9 Å². The number of aliphatic carboxylic acids is 1. The SMILES string of the molecule is Cc1cccc(CN2C(SCC(=O)O)=NC3C2C(=O)NC(=O)N3C)c1. The highest BCUT2D eigenvalue weighted by atomic mass is 32.2. The molecule has 0 saturated carbocycles. The Hall–Kier alpha value is -2.55. The Bertz CT molecular complexity index is 766. The number of imide groups is 1. The van der Waals surface area contributed by atoms with Gasteiger partial charge in [0, 0.05) is 13.6 Å². The lowest BCUT2D eigenvalue weighted by Gasteiger charge is -2.36. The van der Waals surface area contributed by atoms with E-state index >= 15 is 0 Å². The number of carboxylic acids is 1. The van der Waals surface area contributed by atoms with Crippen LogP contribution in [0.15, 0.2) is 29.3 Å². The molecule has 0 bridgehead atoms. The minimum absolute atomic E-state index is 0.165. The number of amides is 3. The standard InChI is InChI=1S/C16H18N4O4S/c1-9-4-3-5-10(6-9)7-20-12-13(17-16(20)25-8-11(21)22)19(2)15(24)18-14(12)23/h3-6,12-13H,7-8H2,1-2H3,(H,21,22)(H,18,23,24). The van der Waals surface area contributed by atoms with Gasteiger partial charge in [-0.3, -0.25) is 14.9 Å². The van der Waals surface area contributed by atoms with Crippen LogP contribution in [0, 0.1) is 6.92 Å². The molecule has 0 spiro atoms. The molecule has 8 nitrogen and oxygen atoms in total. The van der Waals surface area contributed by atoms with Gasteiger partial charge in [-0.2, -0.15) is 0 Å². The van der Waals surface area contributed by atoms with Crippen molar-refractivity contribution < 1.29 is 19.5 Å². The third-order valence-corrected chi connectivity index (χ3v) is 5.07. The van der Waals surface area contributed by atoms with Crippen LogP contribution in [0.25, 0.3) is 0 Å². The Morgan fingerprint density at radius 3 is 2.84 bits per heavy atom. The number of likely N-dealkylation sites (N-methyl/N-ethyl adjacent to an activating group) is 1.